The van der Waals surface area contributed by atoms with Gasteiger partial charge in [0.05, 0.1) is 0 Å². The summed E-state index contributed by atoms with van der Waals surface area (Å²) < 4.78 is 0. The number of hydrogen-bond donors (Lipinski definition) is 0. The Balaban J connectivity index is 0.000000247. The van der Waals surface area contributed by atoms with Crippen LogP contribution in [0.25, 0.3) is 0 Å². The van der Waals surface area contributed by atoms with E-state index in [0.29, 0.717) is 0 Å². The summed E-state index contributed by atoms with van der Waals surface area (Å²) in [5, 5.41) is 0. The van der Waals surface area contributed by atoms with E-state index in [-0.39, 0.29) is 0 Å². The van der Waals surface area contributed by atoms with Crippen LogP contribution < -0.4 is 0 Å². The quantitative estimate of drug-likeness (QED) is 0.592. The van der Waals surface area contributed by atoms with Crippen LogP contribution in [0.5, 0.6) is 0 Å². The van der Waals surface area contributed by atoms with Crippen molar-refractivity contribution in [3.63, 3.8) is 0 Å². The summed E-state index contributed by atoms with van der Waals surface area (Å²) in [4.78, 5) is 0. The molecule has 2 aromatic rings. The predicted molar refractivity (Wildman–Crippen MR) is 71.7 cm³/mol. The van der Waals surface area contributed by atoms with Gasteiger partial charge in [-0.05, 0) is 0 Å². The topological polar surface area (TPSA) is 0 Å². The zero-order valence-corrected chi connectivity index (χ0v) is 13.8. The van der Waals surface area contributed by atoms with Gasteiger partial charge in [0, 0.05) is 0 Å². The molecule has 0 bridgehead atoms. The Morgan fingerprint density at radius 1 is 0.824 bits per heavy atom. The first-order valence-corrected chi connectivity index (χ1v) is 11.4. The molecule has 0 atom stereocenters. The van der Waals surface area contributed by atoms with E-state index in [1.54, 1.807) is 0 Å². The molecule has 88 valence electrons. The Morgan fingerprint density at radius 2 is 1.18 bits per heavy atom. The van der Waals surface area contributed by atoms with Crippen LogP contribution in [-0.4, -0.2) is 0 Å². The SMILES string of the molecule is Cc1[c-]cccc1.Cc1[c-]cccc1.[Cl][Zr+2][Cl]. The van der Waals surface area contributed by atoms with E-state index in [4.69, 9.17) is 17.0 Å². The predicted octanol–water partition coefficient (Wildman–Crippen LogP) is 4.97. The van der Waals surface area contributed by atoms with Crippen molar-refractivity contribution in [3.8, 4) is 0 Å². The second-order valence-corrected chi connectivity index (χ2v) is 6.89. The van der Waals surface area contributed by atoms with Crippen molar-refractivity contribution >= 4 is 17.0 Å². The Hall–Kier alpha value is -0.0969. The molecule has 17 heavy (non-hydrogen) atoms. The van der Waals surface area contributed by atoms with E-state index in [9.17, 15) is 0 Å². The first-order valence-electron chi connectivity index (χ1n) is 5.03. The Morgan fingerprint density at radius 3 is 1.29 bits per heavy atom. The minimum absolute atomic E-state index is 0.826. The fraction of sp³-hybridized carbons (Fsp3) is 0.143. The van der Waals surface area contributed by atoms with Crippen molar-refractivity contribution in [2.75, 3.05) is 0 Å². The number of benzene rings is 2. The molecule has 0 aliphatic rings. The molecule has 0 spiro atoms. The molecule has 0 heterocycles. The molecule has 0 fully saturated rings. The molecule has 0 aliphatic carbocycles. The van der Waals surface area contributed by atoms with Crippen molar-refractivity contribution in [2.24, 2.45) is 0 Å². The van der Waals surface area contributed by atoms with E-state index < -0.39 is 20.8 Å². The van der Waals surface area contributed by atoms with E-state index in [1.807, 2.05) is 62.4 Å². The number of halogens is 2. The summed E-state index contributed by atoms with van der Waals surface area (Å²) >= 11 is -0.826. The van der Waals surface area contributed by atoms with Gasteiger partial charge < -0.3 is 0 Å². The molecular weight excluding hydrogens is 330 g/mol. The maximum absolute atomic E-state index is 4.93. The van der Waals surface area contributed by atoms with Gasteiger partial charge in [0.15, 0.2) is 0 Å². The molecule has 0 amide bonds. The Kier molecular flexibility index (Phi) is 12.3. The number of rotatable bonds is 0. The Bertz CT molecular complexity index is 325. The van der Waals surface area contributed by atoms with Gasteiger partial charge in [-0.25, -0.2) is 0 Å². The van der Waals surface area contributed by atoms with Gasteiger partial charge in [0.25, 0.3) is 0 Å². The molecule has 0 aliphatic heterocycles. The molecule has 2 aromatic carbocycles. The molecular formula is C14H14Cl2Zr. The van der Waals surface area contributed by atoms with Crippen molar-refractivity contribution in [1.29, 1.82) is 0 Å². The fourth-order valence-electron chi connectivity index (χ4n) is 0.966. The fourth-order valence-corrected chi connectivity index (χ4v) is 0.966. The minimum atomic E-state index is -0.826. The number of hydrogen-bond acceptors (Lipinski definition) is 0. The Labute approximate surface area is 123 Å². The standard InChI is InChI=1S/2C7H7.2ClH.Zr/c2*1-7-5-3-2-4-6-7;;;/h2*2-5H,1H3;2*1H;/q2*-1;;;+4/p-2. The summed E-state index contributed by atoms with van der Waals surface area (Å²) in [7, 11) is 9.87. The van der Waals surface area contributed by atoms with Gasteiger partial charge in [-0.15, -0.1) is 0 Å². The molecule has 3 heteroatoms. The zero-order chi connectivity index (χ0) is 12.9. The van der Waals surface area contributed by atoms with Crippen molar-refractivity contribution in [1.82, 2.24) is 0 Å². The van der Waals surface area contributed by atoms with Gasteiger partial charge in [0.1, 0.15) is 0 Å². The van der Waals surface area contributed by atoms with Gasteiger partial charge in [0.2, 0.25) is 0 Å². The normalized spacial score (nSPS) is 7.76. The number of aryl methyl sites for hydroxylation is 2. The van der Waals surface area contributed by atoms with Crippen LogP contribution in [0, 0.1) is 26.0 Å². The molecule has 0 saturated heterocycles. The van der Waals surface area contributed by atoms with E-state index in [1.165, 1.54) is 11.1 Å². The molecule has 0 radical (unpaired) electrons. The monoisotopic (exact) mass is 342 g/mol. The van der Waals surface area contributed by atoms with Crippen molar-refractivity contribution in [3.05, 3.63) is 71.8 Å². The van der Waals surface area contributed by atoms with Crippen molar-refractivity contribution < 1.29 is 20.8 Å². The maximum atomic E-state index is 4.93. The average Bonchev–Trinajstić information content (AvgIpc) is 2.33. The zero-order valence-electron chi connectivity index (χ0n) is 9.87. The molecule has 0 N–H and O–H groups in total. The first kappa shape index (κ1) is 16.9. The third kappa shape index (κ3) is 12.2. The second-order valence-electron chi connectivity index (χ2n) is 3.16. The second kappa shape index (κ2) is 12.4. The van der Waals surface area contributed by atoms with E-state index in [2.05, 4.69) is 12.1 Å². The van der Waals surface area contributed by atoms with Gasteiger partial charge >= 0.3 is 37.9 Å². The van der Waals surface area contributed by atoms with Gasteiger partial charge in [-0.3, -0.25) is 0 Å². The van der Waals surface area contributed by atoms with Crippen LogP contribution in [0.2, 0.25) is 0 Å². The summed E-state index contributed by atoms with van der Waals surface area (Å²) in [6.45, 7) is 4.06. The third-order valence-corrected chi connectivity index (χ3v) is 1.73. The molecule has 0 unspecified atom stereocenters. The summed E-state index contributed by atoms with van der Waals surface area (Å²) in [6.07, 6.45) is 0. The van der Waals surface area contributed by atoms with Crippen molar-refractivity contribution in [2.45, 2.75) is 13.8 Å². The summed E-state index contributed by atoms with van der Waals surface area (Å²) in [6, 6.07) is 21.9. The average molecular weight is 344 g/mol. The van der Waals surface area contributed by atoms with E-state index in [0.717, 1.165) is 0 Å². The molecule has 0 nitrogen and oxygen atoms in total. The van der Waals surface area contributed by atoms with E-state index >= 15 is 0 Å². The van der Waals surface area contributed by atoms with Crippen LogP contribution in [0.3, 0.4) is 0 Å². The van der Waals surface area contributed by atoms with Crippen LogP contribution >= 0.6 is 17.0 Å². The van der Waals surface area contributed by atoms with Crippen LogP contribution in [-0.2, 0) is 20.8 Å². The molecule has 0 aromatic heterocycles. The third-order valence-electron chi connectivity index (χ3n) is 1.73. The summed E-state index contributed by atoms with van der Waals surface area (Å²) in [5.41, 5.74) is 2.39. The first-order chi connectivity index (χ1) is 8.20. The van der Waals surface area contributed by atoms with Crippen LogP contribution in [0.1, 0.15) is 11.1 Å². The molecule has 2 rings (SSSR count). The van der Waals surface area contributed by atoms with Gasteiger partial charge in [-0.1, -0.05) is 13.8 Å². The summed E-state index contributed by atoms with van der Waals surface area (Å²) in [5.74, 6) is 0. The van der Waals surface area contributed by atoms with Crippen LogP contribution in [0.15, 0.2) is 48.5 Å². The van der Waals surface area contributed by atoms with Gasteiger partial charge in [-0.2, -0.15) is 71.8 Å². The molecule has 0 saturated carbocycles. The van der Waals surface area contributed by atoms with Crippen LogP contribution in [0.4, 0.5) is 0 Å².